The molecule has 0 aliphatic carbocycles. The Bertz CT molecular complexity index is 253. The average molecular weight is 177 g/mol. The summed E-state index contributed by atoms with van der Waals surface area (Å²) in [6.07, 6.45) is 3.57. The third-order valence-corrected chi connectivity index (χ3v) is 2.03. The summed E-state index contributed by atoms with van der Waals surface area (Å²) in [4.78, 5) is 10.1. The Morgan fingerprint density at radius 1 is 1.31 bits per heavy atom. The predicted molar refractivity (Wildman–Crippen MR) is 55.0 cm³/mol. The molecule has 0 spiro atoms. The van der Waals surface area contributed by atoms with Crippen LogP contribution in [0, 0.1) is 0 Å². The zero-order chi connectivity index (χ0) is 9.52. The van der Waals surface area contributed by atoms with Gasteiger partial charge in [0.25, 0.3) is 0 Å². The topological polar surface area (TPSA) is 29.1 Å². The minimum absolute atomic E-state index is 0.660. The van der Waals surface area contributed by atoms with Gasteiger partial charge in [0.15, 0.2) is 0 Å². The molecule has 13 heavy (non-hydrogen) atoms. The lowest BCUT2D eigenvalue weighted by molar-refractivity contribution is -0.107. The number of benzene rings is 1. The second-order valence-electron chi connectivity index (χ2n) is 3.01. The van der Waals surface area contributed by atoms with Gasteiger partial charge in [0.2, 0.25) is 0 Å². The van der Waals surface area contributed by atoms with Crippen LogP contribution >= 0.6 is 0 Å². The van der Waals surface area contributed by atoms with Crippen molar-refractivity contribution in [3.63, 3.8) is 0 Å². The van der Waals surface area contributed by atoms with Crippen molar-refractivity contribution in [3.05, 3.63) is 29.8 Å². The minimum atomic E-state index is 0.660. The van der Waals surface area contributed by atoms with Crippen LogP contribution in [0.25, 0.3) is 0 Å². The molecule has 0 aliphatic rings. The van der Waals surface area contributed by atoms with Crippen molar-refractivity contribution in [1.82, 2.24) is 0 Å². The molecule has 0 amide bonds. The van der Waals surface area contributed by atoms with Crippen molar-refractivity contribution < 1.29 is 4.79 Å². The summed E-state index contributed by atoms with van der Waals surface area (Å²) >= 11 is 0. The zero-order valence-corrected chi connectivity index (χ0v) is 7.92. The van der Waals surface area contributed by atoms with E-state index in [1.165, 1.54) is 5.56 Å². The Balaban J connectivity index is 2.44. The highest BCUT2D eigenvalue weighted by Gasteiger charge is 1.92. The first-order chi connectivity index (χ1) is 6.36. The van der Waals surface area contributed by atoms with Crippen molar-refractivity contribution in [2.75, 3.05) is 12.4 Å². The second-order valence-corrected chi connectivity index (χ2v) is 3.01. The number of aryl methyl sites for hydroxylation is 1. The Morgan fingerprint density at radius 2 is 2.00 bits per heavy atom. The van der Waals surface area contributed by atoms with Gasteiger partial charge >= 0.3 is 0 Å². The zero-order valence-electron chi connectivity index (χ0n) is 7.92. The van der Waals surface area contributed by atoms with Crippen LogP contribution in [0.3, 0.4) is 0 Å². The minimum Gasteiger partial charge on any atom is -0.388 e. The van der Waals surface area contributed by atoms with E-state index in [0.717, 1.165) is 24.8 Å². The molecule has 0 unspecified atom stereocenters. The molecule has 0 aliphatic heterocycles. The average Bonchev–Trinajstić information content (AvgIpc) is 2.19. The molecule has 0 saturated carbocycles. The van der Waals surface area contributed by atoms with Crippen molar-refractivity contribution in [1.29, 1.82) is 0 Å². The third-order valence-electron chi connectivity index (χ3n) is 2.03. The van der Waals surface area contributed by atoms with Crippen molar-refractivity contribution in [2.45, 2.75) is 19.3 Å². The summed E-state index contributed by atoms with van der Waals surface area (Å²) in [5, 5.41) is 3.07. The van der Waals surface area contributed by atoms with Gasteiger partial charge in [-0.25, -0.2) is 0 Å². The van der Waals surface area contributed by atoms with Crippen LogP contribution in [0.2, 0.25) is 0 Å². The van der Waals surface area contributed by atoms with E-state index in [2.05, 4.69) is 29.6 Å². The van der Waals surface area contributed by atoms with Gasteiger partial charge in [-0.2, -0.15) is 0 Å². The number of hydrogen-bond donors (Lipinski definition) is 1. The smallest absolute Gasteiger partial charge is 0.120 e. The molecule has 0 bridgehead atoms. The Labute approximate surface area is 79.0 Å². The molecule has 70 valence electrons. The second kappa shape index (κ2) is 5.36. The maximum Gasteiger partial charge on any atom is 0.120 e. The van der Waals surface area contributed by atoms with Crippen LogP contribution in [-0.4, -0.2) is 13.3 Å². The van der Waals surface area contributed by atoms with E-state index in [9.17, 15) is 4.79 Å². The molecule has 0 heterocycles. The molecule has 0 saturated heterocycles. The van der Waals surface area contributed by atoms with Crippen molar-refractivity contribution in [3.8, 4) is 0 Å². The number of nitrogens with one attached hydrogen (secondary N) is 1. The number of aldehydes is 1. The first-order valence-electron chi connectivity index (χ1n) is 4.57. The fourth-order valence-electron chi connectivity index (χ4n) is 1.23. The van der Waals surface area contributed by atoms with E-state index in [1.807, 2.05) is 7.05 Å². The normalized spacial score (nSPS) is 9.62. The van der Waals surface area contributed by atoms with Crippen LogP contribution < -0.4 is 5.32 Å². The number of hydrogen-bond acceptors (Lipinski definition) is 2. The Morgan fingerprint density at radius 3 is 2.54 bits per heavy atom. The standard InChI is InChI=1S/C11H15NO/c1-12-11-7-5-10(6-8-11)4-2-3-9-13/h5-9,12H,2-4H2,1H3. The molecule has 0 radical (unpaired) electrons. The Hall–Kier alpha value is -1.31. The quantitative estimate of drug-likeness (QED) is 0.552. The maximum atomic E-state index is 10.1. The van der Waals surface area contributed by atoms with Gasteiger partial charge in [0.1, 0.15) is 6.29 Å². The van der Waals surface area contributed by atoms with Crippen LogP contribution in [0.1, 0.15) is 18.4 Å². The lowest BCUT2D eigenvalue weighted by atomic mass is 10.1. The molecular weight excluding hydrogens is 162 g/mol. The summed E-state index contributed by atoms with van der Waals surface area (Å²) < 4.78 is 0. The highest BCUT2D eigenvalue weighted by Crippen LogP contribution is 2.10. The van der Waals surface area contributed by atoms with Gasteiger partial charge in [-0.1, -0.05) is 12.1 Å². The van der Waals surface area contributed by atoms with Crippen molar-refractivity contribution >= 4 is 12.0 Å². The van der Waals surface area contributed by atoms with Crippen LogP contribution in [-0.2, 0) is 11.2 Å². The lowest BCUT2D eigenvalue weighted by Gasteiger charge is -2.02. The molecule has 1 aromatic rings. The van der Waals surface area contributed by atoms with Gasteiger partial charge < -0.3 is 10.1 Å². The number of unbranched alkanes of at least 4 members (excludes halogenated alkanes) is 1. The molecular formula is C11H15NO. The summed E-state index contributed by atoms with van der Waals surface area (Å²) in [5.41, 5.74) is 2.42. The molecule has 0 atom stereocenters. The number of rotatable bonds is 5. The summed E-state index contributed by atoms with van der Waals surface area (Å²) in [6, 6.07) is 8.29. The Kier molecular flexibility index (Phi) is 4.03. The first kappa shape index (κ1) is 9.78. The lowest BCUT2D eigenvalue weighted by Crippen LogP contribution is -1.89. The van der Waals surface area contributed by atoms with Gasteiger partial charge in [0, 0.05) is 19.2 Å². The molecule has 0 aromatic heterocycles. The fraction of sp³-hybridized carbons (Fsp3) is 0.364. The van der Waals surface area contributed by atoms with Crippen molar-refractivity contribution in [2.24, 2.45) is 0 Å². The van der Waals surface area contributed by atoms with E-state index in [-0.39, 0.29) is 0 Å². The first-order valence-corrected chi connectivity index (χ1v) is 4.57. The highest BCUT2D eigenvalue weighted by molar-refractivity contribution is 5.49. The maximum absolute atomic E-state index is 10.1. The molecule has 0 fully saturated rings. The van der Waals surface area contributed by atoms with Crippen LogP contribution in [0.5, 0.6) is 0 Å². The van der Waals surface area contributed by atoms with Gasteiger partial charge in [0.05, 0.1) is 0 Å². The third kappa shape index (κ3) is 3.28. The number of carbonyl (C=O) groups excluding carboxylic acids is 1. The summed E-state index contributed by atoms with van der Waals surface area (Å²) in [5.74, 6) is 0. The van der Waals surface area contributed by atoms with E-state index >= 15 is 0 Å². The largest absolute Gasteiger partial charge is 0.388 e. The highest BCUT2D eigenvalue weighted by atomic mass is 16.1. The van der Waals surface area contributed by atoms with E-state index in [4.69, 9.17) is 0 Å². The molecule has 2 nitrogen and oxygen atoms in total. The van der Waals surface area contributed by atoms with Crippen LogP contribution in [0.15, 0.2) is 24.3 Å². The molecule has 1 rings (SSSR count). The summed E-state index contributed by atoms with van der Waals surface area (Å²) in [7, 11) is 1.90. The number of carbonyl (C=O) groups is 1. The molecule has 1 N–H and O–H groups in total. The van der Waals surface area contributed by atoms with E-state index < -0.39 is 0 Å². The fourth-order valence-corrected chi connectivity index (χ4v) is 1.23. The molecule has 2 heteroatoms. The van der Waals surface area contributed by atoms with Gasteiger partial charge in [-0.3, -0.25) is 0 Å². The molecule has 1 aromatic carbocycles. The van der Waals surface area contributed by atoms with Gasteiger partial charge in [-0.15, -0.1) is 0 Å². The monoisotopic (exact) mass is 177 g/mol. The SMILES string of the molecule is CNc1ccc(CCCC=O)cc1. The predicted octanol–water partition coefficient (Wildman–Crippen LogP) is 2.25. The summed E-state index contributed by atoms with van der Waals surface area (Å²) in [6.45, 7) is 0. The van der Waals surface area contributed by atoms with E-state index in [1.54, 1.807) is 0 Å². The number of anilines is 1. The van der Waals surface area contributed by atoms with E-state index in [0.29, 0.717) is 6.42 Å². The van der Waals surface area contributed by atoms with Crippen LogP contribution in [0.4, 0.5) is 5.69 Å². The van der Waals surface area contributed by atoms with Gasteiger partial charge in [-0.05, 0) is 30.5 Å².